The highest BCUT2D eigenvalue weighted by Gasteiger charge is 2.42. The van der Waals surface area contributed by atoms with Gasteiger partial charge < -0.3 is 56.6 Å². The largest absolute Gasteiger partial charge is 0.480 e. The van der Waals surface area contributed by atoms with E-state index in [2.05, 4.69) is 48.0 Å². The van der Waals surface area contributed by atoms with Gasteiger partial charge in [-0.1, -0.05) is 74.1 Å². The van der Waals surface area contributed by atoms with Crippen LogP contribution < -0.4 is 31.7 Å². The van der Waals surface area contributed by atoms with E-state index in [-0.39, 0.29) is 44.2 Å². The number of carbonyl (C=O) groups is 8. The molecule has 0 radical (unpaired) electrons. The van der Waals surface area contributed by atoms with Crippen LogP contribution in [0, 0.1) is 0 Å². The monoisotopic (exact) mass is 892 g/mol. The number of aliphatic hydroxyl groups is 2. The predicted octanol–water partition coefficient (Wildman–Crippen LogP) is 0.850. The Bertz CT molecular complexity index is 1390. The summed E-state index contributed by atoms with van der Waals surface area (Å²) in [4.78, 5) is 96.9. The molecule has 9 atom stereocenters. The fourth-order valence-corrected chi connectivity index (χ4v) is 6.83. The highest BCUT2D eigenvalue weighted by Crippen LogP contribution is 2.26. The molecule has 0 aliphatic carbocycles. The molecule has 0 aromatic carbocycles. The summed E-state index contributed by atoms with van der Waals surface area (Å²) in [7, 11) is 2.37. The lowest BCUT2D eigenvalue weighted by Gasteiger charge is -2.21. The molecule has 350 valence electrons. The van der Waals surface area contributed by atoms with E-state index in [4.69, 9.17) is 4.74 Å². The maximum atomic E-state index is 12.6. The van der Waals surface area contributed by atoms with E-state index in [0.717, 1.165) is 32.1 Å². The number of aliphatic carboxylic acids is 4. The topological polar surface area (TPSA) is 343 Å². The zero-order valence-electron chi connectivity index (χ0n) is 35.1. The van der Waals surface area contributed by atoms with Crippen molar-refractivity contribution in [3.8, 4) is 0 Å². The average Bonchev–Trinajstić information content (AvgIpc) is 3.93. The van der Waals surface area contributed by atoms with Crippen molar-refractivity contribution in [2.75, 3.05) is 6.54 Å². The Morgan fingerprint density at radius 3 is 1.43 bits per heavy atom. The third-order valence-electron chi connectivity index (χ3n) is 10.2. The van der Waals surface area contributed by atoms with Crippen LogP contribution in [0.1, 0.15) is 142 Å². The second-order valence-electron chi connectivity index (χ2n) is 15.3. The highest BCUT2D eigenvalue weighted by atomic mass is 31.0. The lowest BCUT2D eigenvalue weighted by Crippen LogP contribution is -2.47. The standard InChI is InChI=1S/C39H69N6O15P/c1-2-3-4-5-6-7-8-9-10-14-30(47)41-26(36(53)54)16-20-32(49)43-28(38(57)58)18-22-33(50)44-27(37(55)56)17-21-31(48)42-25(35(51)52)15-19-29(46)40-23-12-11-13-24(45-61)34-39(59)60-34/h24-28,32,34,39,43,45,49,59H,2-23,61H2,1H3,(H,40,46)(H,41,47)(H,42,48)(H,44,50)(H,51,52)(H,53,54)(H,55,56)(H,57,58)/t24-,25-,26-,27-,28-,32?,34?,39?/m0/s1. The molecule has 4 unspecified atom stereocenters. The number of ether oxygens (including phenoxy) is 1. The summed E-state index contributed by atoms with van der Waals surface area (Å²) in [5.41, 5.74) is 0. The Morgan fingerprint density at radius 1 is 0.541 bits per heavy atom. The zero-order chi connectivity index (χ0) is 45.7. The quantitative estimate of drug-likeness (QED) is 0.0177. The fourth-order valence-electron chi connectivity index (χ4n) is 6.47. The van der Waals surface area contributed by atoms with Gasteiger partial charge in [0.15, 0.2) is 6.29 Å². The van der Waals surface area contributed by atoms with Gasteiger partial charge in [0, 0.05) is 38.3 Å². The molecule has 1 saturated heterocycles. The van der Waals surface area contributed by atoms with Gasteiger partial charge in [0.05, 0.1) is 0 Å². The van der Waals surface area contributed by atoms with Crippen molar-refractivity contribution in [1.29, 1.82) is 0 Å². The van der Waals surface area contributed by atoms with Crippen LogP contribution in [0.25, 0.3) is 0 Å². The molecule has 61 heavy (non-hydrogen) atoms. The molecule has 1 aliphatic heterocycles. The van der Waals surface area contributed by atoms with Gasteiger partial charge in [-0.25, -0.2) is 14.4 Å². The van der Waals surface area contributed by atoms with Crippen LogP contribution in [0.3, 0.4) is 0 Å². The van der Waals surface area contributed by atoms with Crippen LogP contribution in [0.5, 0.6) is 0 Å². The molecular formula is C39H69N6O15P. The molecule has 12 N–H and O–H groups in total. The molecular weight excluding hydrogens is 823 g/mol. The van der Waals surface area contributed by atoms with Crippen molar-refractivity contribution < 1.29 is 73.7 Å². The number of carboxylic acid groups (broad SMARTS) is 4. The number of carbonyl (C=O) groups excluding carboxylic acids is 4. The first-order valence-electron chi connectivity index (χ1n) is 21.3. The minimum atomic E-state index is -1.60. The molecule has 1 rings (SSSR count). The van der Waals surface area contributed by atoms with Gasteiger partial charge in [-0.05, 0) is 51.4 Å². The first kappa shape index (κ1) is 55.0. The van der Waals surface area contributed by atoms with E-state index in [9.17, 15) is 69.0 Å². The molecule has 0 aromatic rings. The predicted molar refractivity (Wildman–Crippen MR) is 222 cm³/mol. The van der Waals surface area contributed by atoms with E-state index in [0.29, 0.717) is 25.8 Å². The lowest BCUT2D eigenvalue weighted by molar-refractivity contribution is -0.144. The van der Waals surface area contributed by atoms with Crippen LogP contribution in [0.2, 0.25) is 0 Å². The van der Waals surface area contributed by atoms with Crippen LogP contribution in [-0.2, 0) is 43.1 Å². The van der Waals surface area contributed by atoms with Crippen molar-refractivity contribution in [2.45, 2.75) is 191 Å². The minimum Gasteiger partial charge on any atom is -0.480 e. The summed E-state index contributed by atoms with van der Waals surface area (Å²) in [6, 6.07) is -5.92. The van der Waals surface area contributed by atoms with E-state index in [1.807, 2.05) is 0 Å². The van der Waals surface area contributed by atoms with E-state index in [1.165, 1.54) is 25.7 Å². The summed E-state index contributed by atoms with van der Waals surface area (Å²) < 4.78 is 5.03. The van der Waals surface area contributed by atoms with Crippen LogP contribution in [-0.4, -0.2) is 134 Å². The Balaban J connectivity index is 2.44. The lowest BCUT2D eigenvalue weighted by atomic mass is 10.1. The van der Waals surface area contributed by atoms with Crippen molar-refractivity contribution in [1.82, 2.24) is 31.7 Å². The van der Waals surface area contributed by atoms with Crippen molar-refractivity contribution in [3.05, 3.63) is 0 Å². The Kier molecular flexibility index (Phi) is 28.7. The third-order valence-corrected chi connectivity index (χ3v) is 10.6. The molecule has 1 aliphatic rings. The zero-order valence-corrected chi connectivity index (χ0v) is 36.3. The van der Waals surface area contributed by atoms with E-state index >= 15 is 0 Å². The van der Waals surface area contributed by atoms with Gasteiger partial charge in [0.25, 0.3) is 0 Å². The molecule has 0 spiro atoms. The smallest absolute Gasteiger partial charge is 0.326 e. The maximum Gasteiger partial charge on any atom is 0.326 e. The highest BCUT2D eigenvalue weighted by molar-refractivity contribution is 7.13. The SMILES string of the molecule is CCCCCCCCCCCC(=O)N[C@@H](CCC(O)N[C@@H](CCC(=O)N[C@@H](CCC(=O)N[C@@H](CCC(=O)NCCCC[C@H](NP)C1OC1O)C(=O)O)C(=O)O)C(=O)O)C(=O)O. The number of rotatable bonds is 38. The summed E-state index contributed by atoms with van der Waals surface area (Å²) in [6.07, 6.45) is 6.23. The van der Waals surface area contributed by atoms with Gasteiger partial charge in [-0.3, -0.25) is 34.4 Å². The summed E-state index contributed by atoms with van der Waals surface area (Å²) in [6.45, 7) is 2.48. The number of unbranched alkanes of at least 4 members (excludes halogenated alkanes) is 9. The molecule has 22 heteroatoms. The first-order valence-corrected chi connectivity index (χ1v) is 21.9. The second-order valence-corrected chi connectivity index (χ2v) is 15.7. The molecule has 0 aromatic heterocycles. The van der Waals surface area contributed by atoms with Gasteiger partial charge in [0.2, 0.25) is 23.6 Å². The molecule has 1 fully saturated rings. The number of hydrogen-bond donors (Lipinski definition) is 12. The van der Waals surface area contributed by atoms with E-state index in [1.54, 1.807) is 0 Å². The molecule has 0 bridgehead atoms. The molecule has 4 amide bonds. The number of nitrogens with one attached hydrogen (secondary N) is 6. The minimum absolute atomic E-state index is 0.0549. The van der Waals surface area contributed by atoms with Crippen LogP contribution in [0.4, 0.5) is 0 Å². The van der Waals surface area contributed by atoms with Crippen molar-refractivity contribution in [3.63, 3.8) is 0 Å². The summed E-state index contributed by atoms with van der Waals surface area (Å²) in [5, 5.41) is 73.1. The van der Waals surface area contributed by atoms with Gasteiger partial charge >= 0.3 is 23.9 Å². The Hall–Kier alpha value is -4.01. The molecule has 21 nitrogen and oxygen atoms in total. The second kappa shape index (κ2) is 31.8. The fraction of sp³-hybridized carbons (Fsp3) is 0.795. The number of epoxide rings is 1. The first-order chi connectivity index (χ1) is 29.0. The summed E-state index contributed by atoms with van der Waals surface area (Å²) in [5.74, 6) is -8.31. The number of hydrogen-bond acceptors (Lipinski definition) is 13. The van der Waals surface area contributed by atoms with Crippen molar-refractivity contribution >= 4 is 56.9 Å². The Labute approximate surface area is 358 Å². The van der Waals surface area contributed by atoms with Crippen molar-refractivity contribution in [2.24, 2.45) is 0 Å². The van der Waals surface area contributed by atoms with E-state index < -0.39 is 110 Å². The number of carboxylic acids is 4. The van der Waals surface area contributed by atoms with Gasteiger partial charge in [0.1, 0.15) is 36.5 Å². The molecule has 0 saturated carbocycles. The van der Waals surface area contributed by atoms with Gasteiger partial charge in [-0.15, -0.1) is 0 Å². The Morgan fingerprint density at radius 2 is 0.967 bits per heavy atom. The third kappa shape index (κ3) is 26.2. The normalized spacial score (nSPS) is 17.4. The molecule has 1 heterocycles. The van der Waals surface area contributed by atoms with Gasteiger partial charge in [-0.2, -0.15) is 0 Å². The van der Waals surface area contributed by atoms with Crippen LogP contribution in [0.15, 0.2) is 0 Å². The number of aliphatic hydroxyl groups excluding tert-OH is 2. The average molecular weight is 893 g/mol. The number of amides is 4. The van der Waals surface area contributed by atoms with Crippen LogP contribution >= 0.6 is 9.39 Å². The maximum absolute atomic E-state index is 12.6. The summed E-state index contributed by atoms with van der Waals surface area (Å²) >= 11 is 0.